The Hall–Kier alpha value is -0.730. The highest BCUT2D eigenvalue weighted by atomic mass is 16.5. The first-order valence-corrected chi connectivity index (χ1v) is 3.32. The summed E-state index contributed by atoms with van der Waals surface area (Å²) >= 11 is 0. The molecule has 9 heavy (non-hydrogen) atoms. The lowest BCUT2D eigenvalue weighted by molar-refractivity contribution is 0.303. The van der Waals surface area contributed by atoms with Crippen molar-refractivity contribution in [3.05, 3.63) is 0 Å². The fourth-order valence-corrected chi connectivity index (χ4v) is 1.13. The molecular weight excluding hydrogens is 116 g/mol. The van der Waals surface area contributed by atoms with Crippen molar-refractivity contribution in [1.82, 2.24) is 0 Å². The Morgan fingerprint density at radius 2 is 2.33 bits per heavy atom. The molecule has 0 bridgehead atoms. The molecule has 2 N–H and O–H groups in total. The summed E-state index contributed by atoms with van der Waals surface area (Å²) in [4.78, 5) is 4.12. The number of hydrogen-bond donors (Lipinski definition) is 1. The molecule has 0 radical (unpaired) electrons. The molecule has 0 aromatic heterocycles. The normalized spacial score (nSPS) is 33.8. The summed E-state index contributed by atoms with van der Waals surface area (Å²) in [6.07, 6.45) is 2.62. The van der Waals surface area contributed by atoms with Gasteiger partial charge in [0, 0.05) is 0 Å². The molecule has 1 aliphatic carbocycles. The van der Waals surface area contributed by atoms with Crippen LogP contribution in [0, 0.1) is 5.92 Å². The van der Waals surface area contributed by atoms with Crippen molar-refractivity contribution in [2.75, 3.05) is 6.61 Å². The molecule has 0 aromatic carbocycles. The Bertz CT molecular complexity index is 151. The number of amidine groups is 1. The molecule has 0 amide bonds. The number of rotatable bonds is 1. The van der Waals surface area contributed by atoms with Crippen LogP contribution in [0.15, 0.2) is 4.99 Å². The SMILES string of the molecule is NC1=NC(C2CC2)CO1. The molecule has 2 aliphatic rings. The van der Waals surface area contributed by atoms with Crippen LogP contribution in [0.1, 0.15) is 12.8 Å². The Kier molecular flexibility index (Phi) is 0.917. The molecule has 3 nitrogen and oxygen atoms in total. The summed E-state index contributed by atoms with van der Waals surface area (Å²) < 4.78 is 4.99. The van der Waals surface area contributed by atoms with Crippen molar-refractivity contribution in [2.24, 2.45) is 16.6 Å². The van der Waals surface area contributed by atoms with E-state index >= 15 is 0 Å². The largest absolute Gasteiger partial charge is 0.463 e. The minimum Gasteiger partial charge on any atom is -0.463 e. The Balaban J connectivity index is 1.99. The molecule has 1 unspecified atom stereocenters. The first kappa shape index (κ1) is 5.09. The van der Waals surface area contributed by atoms with E-state index < -0.39 is 0 Å². The van der Waals surface area contributed by atoms with Crippen LogP contribution in [-0.2, 0) is 4.74 Å². The Morgan fingerprint density at radius 3 is 2.78 bits per heavy atom. The predicted octanol–water partition coefficient (Wildman–Crippen LogP) is 0.110. The van der Waals surface area contributed by atoms with Gasteiger partial charge in [-0.15, -0.1) is 0 Å². The van der Waals surface area contributed by atoms with E-state index in [0.717, 1.165) is 12.5 Å². The highest BCUT2D eigenvalue weighted by Gasteiger charge is 2.34. The third-order valence-electron chi connectivity index (χ3n) is 1.86. The van der Waals surface area contributed by atoms with Crippen LogP contribution in [0.4, 0.5) is 0 Å². The molecule has 1 heterocycles. The van der Waals surface area contributed by atoms with Gasteiger partial charge in [-0.05, 0) is 18.8 Å². The number of nitrogens with two attached hydrogens (primary N) is 1. The monoisotopic (exact) mass is 126 g/mol. The summed E-state index contributed by atoms with van der Waals surface area (Å²) in [6, 6.07) is 0.775. The van der Waals surface area contributed by atoms with E-state index in [1.165, 1.54) is 12.8 Å². The predicted molar refractivity (Wildman–Crippen MR) is 34.1 cm³/mol. The quantitative estimate of drug-likeness (QED) is 0.542. The van der Waals surface area contributed by atoms with E-state index in [0.29, 0.717) is 12.1 Å². The summed E-state index contributed by atoms with van der Waals surface area (Å²) in [5.41, 5.74) is 5.32. The lowest BCUT2D eigenvalue weighted by atomic mass is 10.2. The fourth-order valence-electron chi connectivity index (χ4n) is 1.13. The highest BCUT2D eigenvalue weighted by Crippen LogP contribution is 2.35. The van der Waals surface area contributed by atoms with Crippen molar-refractivity contribution < 1.29 is 4.74 Å². The molecule has 0 aromatic rings. The van der Waals surface area contributed by atoms with E-state index in [1.54, 1.807) is 0 Å². The van der Waals surface area contributed by atoms with Gasteiger partial charge in [-0.1, -0.05) is 0 Å². The molecule has 50 valence electrons. The molecule has 1 fully saturated rings. The van der Waals surface area contributed by atoms with Crippen LogP contribution < -0.4 is 5.73 Å². The van der Waals surface area contributed by atoms with Gasteiger partial charge in [-0.25, -0.2) is 4.99 Å². The number of ether oxygens (including phenoxy) is 1. The van der Waals surface area contributed by atoms with Crippen LogP contribution in [0.5, 0.6) is 0 Å². The summed E-state index contributed by atoms with van der Waals surface area (Å²) in [5, 5.41) is 0. The standard InChI is InChI=1S/C6H10N2O/c7-6-8-5(3-9-6)4-1-2-4/h4-5H,1-3H2,(H2,7,8). The van der Waals surface area contributed by atoms with Gasteiger partial charge in [0.25, 0.3) is 6.02 Å². The summed E-state index contributed by atoms with van der Waals surface area (Å²) in [6.45, 7) is 0.719. The molecule has 1 atom stereocenters. The summed E-state index contributed by atoms with van der Waals surface area (Å²) in [7, 11) is 0. The third-order valence-corrected chi connectivity index (χ3v) is 1.86. The van der Waals surface area contributed by atoms with Crippen molar-refractivity contribution in [3.63, 3.8) is 0 Å². The average molecular weight is 126 g/mol. The van der Waals surface area contributed by atoms with E-state index in [9.17, 15) is 0 Å². The number of nitrogens with zero attached hydrogens (tertiary/aromatic N) is 1. The van der Waals surface area contributed by atoms with Crippen LogP contribution in [0.25, 0.3) is 0 Å². The zero-order valence-electron chi connectivity index (χ0n) is 5.21. The third kappa shape index (κ3) is 0.866. The Labute approximate surface area is 53.9 Å². The van der Waals surface area contributed by atoms with Crippen LogP contribution in [0.2, 0.25) is 0 Å². The molecule has 2 rings (SSSR count). The molecule has 3 heteroatoms. The number of hydrogen-bond acceptors (Lipinski definition) is 3. The second kappa shape index (κ2) is 1.62. The van der Waals surface area contributed by atoms with Gasteiger partial charge in [-0.3, -0.25) is 0 Å². The molecule has 0 saturated heterocycles. The zero-order chi connectivity index (χ0) is 6.27. The second-order valence-corrected chi connectivity index (χ2v) is 2.68. The second-order valence-electron chi connectivity index (χ2n) is 2.68. The lowest BCUT2D eigenvalue weighted by Crippen LogP contribution is -2.10. The minimum atomic E-state index is 0.381. The van der Waals surface area contributed by atoms with Gasteiger partial charge < -0.3 is 10.5 Å². The maximum absolute atomic E-state index is 5.32. The van der Waals surface area contributed by atoms with Crippen LogP contribution in [0.3, 0.4) is 0 Å². The van der Waals surface area contributed by atoms with Crippen LogP contribution in [-0.4, -0.2) is 18.7 Å². The van der Waals surface area contributed by atoms with Gasteiger partial charge in [0.15, 0.2) is 0 Å². The van der Waals surface area contributed by atoms with Crippen molar-refractivity contribution >= 4 is 6.02 Å². The number of aliphatic imine (C=N–C) groups is 1. The van der Waals surface area contributed by atoms with Gasteiger partial charge >= 0.3 is 0 Å². The average Bonchev–Trinajstić information content (AvgIpc) is 2.58. The minimum absolute atomic E-state index is 0.381. The summed E-state index contributed by atoms with van der Waals surface area (Å²) in [5.74, 6) is 0.783. The first-order valence-electron chi connectivity index (χ1n) is 3.32. The molecule has 1 saturated carbocycles. The first-order chi connectivity index (χ1) is 4.36. The highest BCUT2D eigenvalue weighted by molar-refractivity contribution is 5.73. The van der Waals surface area contributed by atoms with Crippen LogP contribution >= 0.6 is 0 Å². The van der Waals surface area contributed by atoms with E-state index in [1.807, 2.05) is 0 Å². The van der Waals surface area contributed by atoms with E-state index in [-0.39, 0.29) is 0 Å². The maximum Gasteiger partial charge on any atom is 0.282 e. The molecular formula is C6H10N2O. The zero-order valence-corrected chi connectivity index (χ0v) is 5.21. The van der Waals surface area contributed by atoms with Crippen molar-refractivity contribution in [2.45, 2.75) is 18.9 Å². The molecule has 0 spiro atoms. The van der Waals surface area contributed by atoms with E-state index in [2.05, 4.69) is 4.99 Å². The Morgan fingerprint density at radius 1 is 1.56 bits per heavy atom. The molecule has 1 aliphatic heterocycles. The van der Waals surface area contributed by atoms with Crippen molar-refractivity contribution in [1.29, 1.82) is 0 Å². The van der Waals surface area contributed by atoms with E-state index in [4.69, 9.17) is 10.5 Å². The van der Waals surface area contributed by atoms with Gasteiger partial charge in [0.2, 0.25) is 0 Å². The maximum atomic E-state index is 5.32. The van der Waals surface area contributed by atoms with Gasteiger partial charge in [0.05, 0.1) is 6.04 Å². The topological polar surface area (TPSA) is 47.6 Å². The fraction of sp³-hybridized carbons (Fsp3) is 0.833. The van der Waals surface area contributed by atoms with Crippen molar-refractivity contribution in [3.8, 4) is 0 Å². The van der Waals surface area contributed by atoms with Gasteiger partial charge in [0.1, 0.15) is 6.61 Å². The lowest BCUT2D eigenvalue weighted by Gasteiger charge is -1.97. The van der Waals surface area contributed by atoms with Gasteiger partial charge in [-0.2, -0.15) is 0 Å². The smallest absolute Gasteiger partial charge is 0.282 e.